The first kappa shape index (κ1) is 26.3. The average molecular weight is 434 g/mol. The zero-order valence-electron chi connectivity index (χ0n) is 18.8. The first-order valence-corrected chi connectivity index (χ1v) is 10.6. The first-order valence-electron chi connectivity index (χ1n) is 10.6. The van der Waals surface area contributed by atoms with Crippen LogP contribution in [-0.4, -0.2) is 57.2 Å². The Kier molecular flexibility index (Phi) is 11.5. The molecule has 0 saturated carbocycles. The number of nitrogens with zero attached hydrogens (tertiary/aromatic N) is 2. The number of nitrogens with one attached hydrogen (secondary N) is 1. The molecule has 1 atom stereocenters. The van der Waals surface area contributed by atoms with Crippen LogP contribution in [0.15, 0.2) is 36.4 Å². The van der Waals surface area contributed by atoms with Gasteiger partial charge in [-0.15, -0.1) is 0 Å². The lowest BCUT2D eigenvalue weighted by atomic mass is 10.1. The normalized spacial score (nSPS) is 12.3. The molecule has 3 N–H and O–H groups in total. The molecule has 1 aromatic rings. The molecule has 0 heterocycles. The monoisotopic (exact) mass is 433 g/mol. The van der Waals surface area contributed by atoms with Gasteiger partial charge in [-0.3, -0.25) is 19.6 Å². The third-order valence-corrected chi connectivity index (χ3v) is 4.59. The lowest BCUT2D eigenvalue weighted by Crippen LogP contribution is -2.60. The topological polar surface area (TPSA) is 110 Å². The fourth-order valence-electron chi connectivity index (χ4n) is 3.03. The molecule has 0 unspecified atom stereocenters. The zero-order valence-corrected chi connectivity index (χ0v) is 18.8. The van der Waals surface area contributed by atoms with Crippen molar-refractivity contribution in [3.05, 3.63) is 42.0 Å². The van der Waals surface area contributed by atoms with Crippen LogP contribution in [-0.2, 0) is 14.4 Å². The Hall–Kier alpha value is -2.71. The zero-order chi connectivity index (χ0) is 23.4. The van der Waals surface area contributed by atoms with Crippen LogP contribution in [0.4, 0.5) is 0 Å². The summed E-state index contributed by atoms with van der Waals surface area (Å²) in [6.45, 7) is 7.03. The van der Waals surface area contributed by atoms with E-state index in [0.717, 1.165) is 15.6 Å². The molecule has 8 heteroatoms. The van der Waals surface area contributed by atoms with E-state index < -0.39 is 30.4 Å². The third-order valence-electron chi connectivity index (χ3n) is 4.59. The largest absolute Gasteiger partial charge is 0.386 e. The minimum absolute atomic E-state index is 0.0198. The van der Waals surface area contributed by atoms with E-state index >= 15 is 0 Å². The van der Waals surface area contributed by atoms with Crippen LogP contribution >= 0.6 is 0 Å². The van der Waals surface area contributed by atoms with E-state index in [2.05, 4.69) is 0 Å². The van der Waals surface area contributed by atoms with Gasteiger partial charge in [0.25, 0.3) is 11.8 Å². The Bertz CT molecular complexity index is 734. The maximum Gasteiger partial charge on any atom is 0.268 e. The summed E-state index contributed by atoms with van der Waals surface area (Å²) in [5, 5.41) is 21.0. The van der Waals surface area contributed by atoms with Crippen LogP contribution in [0.25, 0.3) is 6.08 Å². The Balaban J connectivity index is 3.30. The van der Waals surface area contributed by atoms with Crippen LogP contribution in [0.3, 0.4) is 0 Å². The maximum atomic E-state index is 13.2. The van der Waals surface area contributed by atoms with E-state index in [-0.39, 0.29) is 31.2 Å². The molecule has 0 radical (unpaired) electrons. The SMILES string of the molecule is CC(C)CCC(=O)N([C@@H](CC=Cc1ccccc1)C(=O)NO)N(CC(C)C)C(=O)CO. The predicted molar refractivity (Wildman–Crippen MR) is 118 cm³/mol. The van der Waals surface area contributed by atoms with E-state index in [1.165, 1.54) is 0 Å². The fourth-order valence-corrected chi connectivity index (χ4v) is 3.03. The lowest BCUT2D eigenvalue weighted by Gasteiger charge is -2.39. The molecule has 0 bridgehead atoms. The van der Waals surface area contributed by atoms with Crippen LogP contribution in [0.5, 0.6) is 0 Å². The number of benzene rings is 1. The van der Waals surface area contributed by atoms with Gasteiger partial charge in [0.15, 0.2) is 0 Å². The highest BCUT2D eigenvalue weighted by molar-refractivity contribution is 5.89. The fraction of sp³-hybridized carbons (Fsp3) is 0.522. The minimum atomic E-state index is -1.15. The number of aliphatic hydroxyl groups excluding tert-OH is 1. The Morgan fingerprint density at radius 2 is 1.68 bits per heavy atom. The number of hydrogen-bond donors (Lipinski definition) is 3. The summed E-state index contributed by atoms with van der Waals surface area (Å²) in [6, 6.07) is 8.28. The van der Waals surface area contributed by atoms with Crippen LogP contribution in [0.1, 0.15) is 52.5 Å². The van der Waals surface area contributed by atoms with E-state index in [1.54, 1.807) is 17.6 Å². The molecule has 0 aliphatic rings. The summed E-state index contributed by atoms with van der Waals surface area (Å²) in [6.07, 6.45) is 4.29. The van der Waals surface area contributed by atoms with E-state index in [0.29, 0.717) is 6.42 Å². The highest BCUT2D eigenvalue weighted by Gasteiger charge is 2.36. The van der Waals surface area contributed by atoms with Crippen LogP contribution in [0, 0.1) is 11.8 Å². The van der Waals surface area contributed by atoms with Gasteiger partial charge in [-0.2, -0.15) is 0 Å². The van der Waals surface area contributed by atoms with Crippen molar-refractivity contribution < 1.29 is 24.7 Å². The van der Waals surface area contributed by atoms with Gasteiger partial charge in [0, 0.05) is 13.0 Å². The van der Waals surface area contributed by atoms with Gasteiger partial charge < -0.3 is 5.11 Å². The summed E-state index contributed by atoms with van der Waals surface area (Å²) >= 11 is 0. The van der Waals surface area contributed by atoms with Gasteiger partial charge in [0.2, 0.25) is 5.91 Å². The van der Waals surface area contributed by atoms with Crippen molar-refractivity contribution in [2.24, 2.45) is 11.8 Å². The summed E-state index contributed by atoms with van der Waals surface area (Å²) in [5.41, 5.74) is 2.52. The molecule has 0 fully saturated rings. The van der Waals surface area contributed by atoms with E-state index in [4.69, 9.17) is 0 Å². The van der Waals surface area contributed by atoms with E-state index in [1.807, 2.05) is 58.0 Å². The Morgan fingerprint density at radius 3 is 2.19 bits per heavy atom. The van der Waals surface area contributed by atoms with Crippen molar-refractivity contribution in [2.75, 3.05) is 13.2 Å². The number of hydrogen-bond acceptors (Lipinski definition) is 5. The van der Waals surface area contributed by atoms with Crippen molar-refractivity contribution in [1.82, 2.24) is 15.5 Å². The smallest absolute Gasteiger partial charge is 0.268 e. The van der Waals surface area contributed by atoms with E-state index in [9.17, 15) is 24.7 Å². The summed E-state index contributed by atoms with van der Waals surface area (Å²) < 4.78 is 0. The van der Waals surface area contributed by atoms with Crippen molar-refractivity contribution in [1.29, 1.82) is 0 Å². The Labute approximate surface area is 184 Å². The molecule has 0 saturated heterocycles. The second kappa shape index (κ2) is 13.6. The van der Waals surface area contributed by atoms with Gasteiger partial charge in [-0.05, 0) is 30.2 Å². The number of carbonyl (C=O) groups is 3. The minimum Gasteiger partial charge on any atom is -0.386 e. The molecule has 172 valence electrons. The number of aliphatic hydroxyl groups is 1. The standard InChI is InChI=1S/C23H35N3O5/c1-17(2)13-14-21(28)26(25(15-18(3)4)22(29)16-27)20(23(30)24-31)12-8-11-19-9-6-5-7-10-19/h5-11,17-18,20,27,31H,12-16H2,1-4H3,(H,24,30)/t20-/m0/s1. The highest BCUT2D eigenvalue weighted by atomic mass is 16.5. The van der Waals surface area contributed by atoms with Crippen LogP contribution in [0.2, 0.25) is 0 Å². The number of carbonyl (C=O) groups excluding carboxylic acids is 3. The van der Waals surface area contributed by atoms with Gasteiger partial charge in [-0.1, -0.05) is 70.2 Å². The molecule has 31 heavy (non-hydrogen) atoms. The molecule has 0 aromatic heterocycles. The van der Waals surface area contributed by atoms with Gasteiger partial charge in [0.05, 0.1) is 0 Å². The third kappa shape index (κ3) is 8.90. The number of hydroxylamine groups is 1. The molecular weight excluding hydrogens is 398 g/mol. The van der Waals surface area contributed by atoms with Gasteiger partial charge >= 0.3 is 0 Å². The predicted octanol–water partition coefficient (Wildman–Crippen LogP) is 2.62. The molecule has 0 aliphatic heterocycles. The van der Waals surface area contributed by atoms with Crippen molar-refractivity contribution in [3.8, 4) is 0 Å². The molecule has 3 amide bonds. The number of hydrazine groups is 1. The molecule has 8 nitrogen and oxygen atoms in total. The second-order valence-electron chi connectivity index (χ2n) is 8.24. The number of rotatable bonds is 11. The van der Waals surface area contributed by atoms with Crippen LogP contribution < -0.4 is 5.48 Å². The first-order chi connectivity index (χ1) is 14.7. The molecular formula is C23H35N3O5. The van der Waals surface area contributed by atoms with Crippen molar-refractivity contribution in [3.63, 3.8) is 0 Å². The van der Waals surface area contributed by atoms with Gasteiger partial charge in [-0.25, -0.2) is 15.5 Å². The number of amides is 3. The Morgan fingerprint density at radius 1 is 1.03 bits per heavy atom. The summed E-state index contributed by atoms with van der Waals surface area (Å²) in [7, 11) is 0. The molecule has 1 rings (SSSR count). The maximum absolute atomic E-state index is 13.2. The highest BCUT2D eigenvalue weighted by Crippen LogP contribution is 2.18. The molecule has 1 aromatic carbocycles. The second-order valence-corrected chi connectivity index (χ2v) is 8.24. The quantitative estimate of drug-likeness (QED) is 0.367. The van der Waals surface area contributed by atoms with Crippen molar-refractivity contribution >= 4 is 23.8 Å². The summed E-state index contributed by atoms with van der Waals surface area (Å²) in [4.78, 5) is 38.2. The molecule has 0 spiro atoms. The average Bonchev–Trinajstić information content (AvgIpc) is 2.75. The molecule has 0 aliphatic carbocycles. The van der Waals surface area contributed by atoms with Gasteiger partial charge in [0.1, 0.15) is 12.6 Å². The lowest BCUT2D eigenvalue weighted by molar-refractivity contribution is -0.176. The summed E-state index contributed by atoms with van der Waals surface area (Å²) in [5.74, 6) is -1.68. The van der Waals surface area contributed by atoms with Crippen molar-refractivity contribution in [2.45, 2.75) is 53.0 Å².